The van der Waals surface area contributed by atoms with E-state index in [1.807, 2.05) is 0 Å². The first-order chi connectivity index (χ1) is 16.8. The smallest absolute Gasteiger partial charge is 0.459 e. The van der Waals surface area contributed by atoms with Crippen LogP contribution >= 0.6 is 19.3 Å². The number of carbonyl (C=O) groups excluding carboxylic acids is 1. The third-order valence-electron chi connectivity index (χ3n) is 4.78. The lowest BCUT2D eigenvalue weighted by Crippen LogP contribution is -2.35. The zero-order chi connectivity index (χ0) is 25.0. The molecule has 1 aromatic carbocycles. The van der Waals surface area contributed by atoms with Crippen molar-refractivity contribution in [2.24, 2.45) is 0 Å². The number of nitrogens with zero attached hydrogens (tertiary/aromatic N) is 4. The lowest BCUT2D eigenvalue weighted by atomic mass is 10.3. The zero-order valence-electron chi connectivity index (χ0n) is 18.9. The number of esters is 1. The van der Waals surface area contributed by atoms with E-state index in [1.54, 1.807) is 41.8 Å². The number of halogens is 1. The Balaban J connectivity index is 1.44. The van der Waals surface area contributed by atoms with Gasteiger partial charge in [0.25, 0.3) is 0 Å². The lowest BCUT2D eigenvalue weighted by molar-refractivity contribution is -0.144. The highest BCUT2D eigenvalue weighted by atomic mass is 35.5. The summed E-state index contributed by atoms with van der Waals surface area (Å²) in [5.41, 5.74) is 6.43. The molecule has 0 bridgehead atoms. The number of fused-ring (bicyclic) bond motifs is 1. The van der Waals surface area contributed by atoms with Gasteiger partial charge in [-0.05, 0) is 26.0 Å². The largest absolute Gasteiger partial charge is 0.465 e. The van der Waals surface area contributed by atoms with E-state index in [0.29, 0.717) is 11.2 Å². The van der Waals surface area contributed by atoms with E-state index in [0.717, 1.165) is 0 Å². The van der Waals surface area contributed by atoms with Crippen LogP contribution in [0.3, 0.4) is 0 Å². The molecule has 3 aromatic rings. The van der Waals surface area contributed by atoms with Crippen LogP contribution < -0.4 is 15.3 Å². The molecule has 15 heteroatoms. The van der Waals surface area contributed by atoms with Gasteiger partial charge in [-0.2, -0.15) is 15.1 Å². The van der Waals surface area contributed by atoms with Crippen molar-refractivity contribution in [2.45, 2.75) is 32.4 Å². The number of para-hydroxylation sites is 1. The molecule has 2 aromatic heterocycles. The molecule has 35 heavy (non-hydrogen) atoms. The molecule has 3 N–H and O–H groups in total. The highest BCUT2D eigenvalue weighted by Gasteiger charge is 2.36. The first kappa shape index (κ1) is 25.3. The Morgan fingerprint density at radius 1 is 1.37 bits per heavy atom. The van der Waals surface area contributed by atoms with Crippen LogP contribution in [0, 0.1) is 0 Å². The van der Waals surface area contributed by atoms with Crippen LogP contribution in [0.25, 0.3) is 11.2 Å². The number of ether oxygens (including phenoxy) is 3. The first-order valence-corrected chi connectivity index (χ1v) is 12.6. The normalized spacial score (nSPS) is 20.4. The molecule has 13 nitrogen and oxygen atoms in total. The maximum atomic E-state index is 13.5. The summed E-state index contributed by atoms with van der Waals surface area (Å²) in [6.45, 7) is 3.19. The number of hydrogen-bond acceptors (Lipinski definition) is 11. The van der Waals surface area contributed by atoms with E-state index in [9.17, 15) is 9.36 Å². The highest BCUT2D eigenvalue weighted by Crippen LogP contribution is 2.45. The molecule has 0 amide bonds. The number of rotatable bonds is 10. The fourth-order valence-electron chi connectivity index (χ4n) is 3.21. The fourth-order valence-corrected chi connectivity index (χ4v) is 4.91. The summed E-state index contributed by atoms with van der Waals surface area (Å²) >= 11 is 6.08. The van der Waals surface area contributed by atoms with E-state index in [2.05, 4.69) is 20.0 Å². The van der Waals surface area contributed by atoms with Gasteiger partial charge in [0.15, 0.2) is 23.3 Å². The SMILES string of the molecule is CCOC(=O)[C@H](C)NP(=O)(OC[C@@H]1OC[C@H](n2cnc3c(Cl)nc(N)nc32)O1)Oc1ccccc1. The molecular formula is C20H24ClN6O7P. The lowest BCUT2D eigenvalue weighted by Gasteiger charge is -2.23. The summed E-state index contributed by atoms with van der Waals surface area (Å²) in [7, 11) is -4.04. The van der Waals surface area contributed by atoms with Gasteiger partial charge in [-0.3, -0.25) is 13.9 Å². The van der Waals surface area contributed by atoms with E-state index < -0.39 is 32.3 Å². The predicted molar refractivity (Wildman–Crippen MR) is 124 cm³/mol. The Bertz CT molecular complexity index is 1230. The molecule has 1 saturated heterocycles. The van der Waals surface area contributed by atoms with E-state index in [4.69, 9.17) is 40.6 Å². The molecule has 4 rings (SSSR count). The monoisotopic (exact) mass is 526 g/mol. The molecule has 1 unspecified atom stereocenters. The maximum absolute atomic E-state index is 13.5. The summed E-state index contributed by atoms with van der Waals surface area (Å²) in [5.74, 6) is -0.332. The van der Waals surface area contributed by atoms with Crippen molar-refractivity contribution in [3.63, 3.8) is 0 Å². The van der Waals surface area contributed by atoms with Gasteiger partial charge < -0.3 is 24.5 Å². The second-order valence-corrected chi connectivity index (χ2v) is 9.40. The minimum Gasteiger partial charge on any atom is -0.465 e. The second-order valence-electron chi connectivity index (χ2n) is 7.35. The Morgan fingerprint density at radius 2 is 2.14 bits per heavy atom. The molecular weight excluding hydrogens is 503 g/mol. The third kappa shape index (κ3) is 6.07. The van der Waals surface area contributed by atoms with Crippen LogP contribution in [0.5, 0.6) is 5.75 Å². The van der Waals surface area contributed by atoms with Crippen molar-refractivity contribution in [2.75, 3.05) is 25.6 Å². The average molecular weight is 527 g/mol. The molecule has 0 spiro atoms. The van der Waals surface area contributed by atoms with Crippen LogP contribution in [0.15, 0.2) is 36.7 Å². The molecule has 4 atom stereocenters. The molecule has 3 heterocycles. The standard InChI is InChI=1S/C20H24ClN6O7P/c1-3-30-19(28)12(2)26-35(29,34-13-7-5-4-6-8-13)32-10-15-31-9-14(33-15)27-11-23-16-17(21)24-20(22)25-18(16)27/h4-8,11-12,14-15H,3,9-10H2,1-2H3,(H,26,29)(H2,22,24,25)/t12-,14+,15+,35?/m0/s1. The molecule has 1 aliphatic rings. The number of nitrogens with one attached hydrogen (secondary N) is 1. The number of benzene rings is 1. The van der Waals surface area contributed by atoms with Crippen LogP contribution in [0.1, 0.15) is 20.1 Å². The predicted octanol–water partition coefficient (Wildman–Crippen LogP) is 2.68. The quantitative estimate of drug-likeness (QED) is 0.226. The van der Waals surface area contributed by atoms with Crippen LogP contribution in [-0.4, -0.2) is 57.6 Å². The Morgan fingerprint density at radius 3 is 2.89 bits per heavy atom. The van der Waals surface area contributed by atoms with Gasteiger partial charge in [0.05, 0.1) is 19.5 Å². The summed E-state index contributed by atoms with van der Waals surface area (Å²) in [6, 6.07) is 7.44. The van der Waals surface area contributed by atoms with Crippen molar-refractivity contribution >= 4 is 42.4 Å². The van der Waals surface area contributed by atoms with Crippen molar-refractivity contribution in [1.82, 2.24) is 24.6 Å². The van der Waals surface area contributed by atoms with E-state index in [-0.39, 0.29) is 36.7 Å². The second kappa shape index (κ2) is 10.9. The maximum Gasteiger partial charge on any atom is 0.459 e. The van der Waals surface area contributed by atoms with Crippen molar-refractivity contribution in [1.29, 1.82) is 0 Å². The van der Waals surface area contributed by atoms with Gasteiger partial charge in [-0.25, -0.2) is 9.55 Å². The average Bonchev–Trinajstić information content (AvgIpc) is 3.45. The number of carbonyl (C=O) groups is 1. The molecule has 0 saturated carbocycles. The number of anilines is 1. The Kier molecular flexibility index (Phi) is 7.85. The summed E-state index contributed by atoms with van der Waals surface area (Å²) in [4.78, 5) is 24.3. The van der Waals surface area contributed by atoms with Gasteiger partial charge >= 0.3 is 13.7 Å². The van der Waals surface area contributed by atoms with Crippen LogP contribution in [-0.2, 0) is 28.1 Å². The third-order valence-corrected chi connectivity index (χ3v) is 6.69. The van der Waals surface area contributed by atoms with Crippen molar-refractivity contribution < 1.29 is 32.6 Å². The number of nitrogens with two attached hydrogens (primary N) is 1. The van der Waals surface area contributed by atoms with E-state index >= 15 is 0 Å². The Labute approximate surface area is 205 Å². The molecule has 0 radical (unpaired) electrons. The number of nitrogen functional groups attached to an aromatic ring is 1. The van der Waals surface area contributed by atoms with Crippen molar-refractivity contribution in [3.8, 4) is 5.75 Å². The van der Waals surface area contributed by atoms with Crippen molar-refractivity contribution in [3.05, 3.63) is 41.8 Å². The summed E-state index contributed by atoms with van der Waals surface area (Å²) in [6.07, 6.45) is -0.0483. The molecule has 1 fully saturated rings. The molecule has 0 aliphatic carbocycles. The van der Waals surface area contributed by atoms with Gasteiger partial charge in [0.1, 0.15) is 23.9 Å². The first-order valence-electron chi connectivity index (χ1n) is 10.6. The fraction of sp³-hybridized carbons (Fsp3) is 0.400. The topological polar surface area (TPSA) is 162 Å². The number of aromatic nitrogens is 4. The minimum absolute atomic E-state index is 0.0103. The molecule has 1 aliphatic heterocycles. The van der Waals surface area contributed by atoms with Gasteiger partial charge in [-0.1, -0.05) is 29.8 Å². The summed E-state index contributed by atoms with van der Waals surface area (Å²) in [5, 5.41) is 2.71. The number of imidazole rings is 1. The number of hydrogen-bond donors (Lipinski definition) is 2. The van der Waals surface area contributed by atoms with Crippen LogP contribution in [0.4, 0.5) is 5.95 Å². The zero-order valence-corrected chi connectivity index (χ0v) is 20.5. The molecule has 188 valence electrons. The minimum atomic E-state index is -4.04. The van der Waals surface area contributed by atoms with Gasteiger partial charge in [0.2, 0.25) is 5.95 Å². The van der Waals surface area contributed by atoms with Gasteiger partial charge in [-0.15, -0.1) is 0 Å². The van der Waals surface area contributed by atoms with E-state index in [1.165, 1.54) is 13.3 Å². The Hall–Kier alpha value is -2.80. The van der Waals surface area contributed by atoms with Gasteiger partial charge in [0, 0.05) is 0 Å². The highest BCUT2D eigenvalue weighted by molar-refractivity contribution is 7.52. The van der Waals surface area contributed by atoms with Crippen LogP contribution in [0.2, 0.25) is 5.15 Å². The summed E-state index contributed by atoms with van der Waals surface area (Å²) < 4.78 is 42.7.